The molecular formula is C4H3FHgN2O2. The van der Waals surface area contributed by atoms with E-state index in [1.165, 1.54) is 0 Å². The minimum atomic E-state index is -1.00. The summed E-state index contributed by atoms with van der Waals surface area (Å²) in [5, 5.41) is 0. The van der Waals surface area contributed by atoms with E-state index in [1.54, 1.807) is 4.98 Å². The van der Waals surface area contributed by atoms with Crippen molar-refractivity contribution in [3.05, 3.63) is 32.9 Å². The fraction of sp³-hybridized carbons (Fsp3) is 0. The fourth-order valence-corrected chi connectivity index (χ4v) is 0.393. The van der Waals surface area contributed by atoms with E-state index < -0.39 is 17.1 Å². The predicted molar refractivity (Wildman–Crippen MR) is 27.6 cm³/mol. The molecule has 0 aliphatic rings. The van der Waals surface area contributed by atoms with E-state index in [-0.39, 0.29) is 27.7 Å². The Balaban J connectivity index is 0.000000810. The Hall–Kier alpha value is -0.455. The van der Waals surface area contributed by atoms with E-state index in [9.17, 15) is 14.0 Å². The maximum atomic E-state index is 12.0. The molecule has 2 N–H and O–H groups in total. The van der Waals surface area contributed by atoms with Crippen LogP contribution < -0.4 is 11.2 Å². The van der Waals surface area contributed by atoms with Crippen LogP contribution in [0.15, 0.2) is 15.8 Å². The van der Waals surface area contributed by atoms with E-state index in [0.29, 0.717) is 6.20 Å². The topological polar surface area (TPSA) is 65.7 Å². The summed E-state index contributed by atoms with van der Waals surface area (Å²) in [4.78, 5) is 24.0. The number of nitrogens with one attached hydrogen (secondary N) is 2. The minimum absolute atomic E-state index is 0. The summed E-state index contributed by atoms with van der Waals surface area (Å²) in [5.74, 6) is -0.991. The normalized spacial score (nSPS) is 8.50. The van der Waals surface area contributed by atoms with Crippen LogP contribution in [-0.2, 0) is 27.7 Å². The molecule has 1 heterocycles. The van der Waals surface area contributed by atoms with Gasteiger partial charge in [0.1, 0.15) is 0 Å². The quantitative estimate of drug-likeness (QED) is 0.612. The summed E-state index contributed by atoms with van der Waals surface area (Å²) in [5.41, 5.74) is -1.71. The van der Waals surface area contributed by atoms with Gasteiger partial charge in [-0.05, 0) is 0 Å². The first-order chi connectivity index (χ1) is 4.20. The van der Waals surface area contributed by atoms with Gasteiger partial charge in [0.2, 0.25) is 5.82 Å². The zero-order valence-corrected chi connectivity index (χ0v) is 10.5. The molecule has 0 radical (unpaired) electrons. The molecule has 1 rings (SSSR count). The maximum Gasteiger partial charge on any atom is 0.325 e. The molecule has 0 spiro atoms. The second-order valence-electron chi connectivity index (χ2n) is 1.42. The SMILES string of the molecule is O=c1[nH]cc(F)c(=O)[nH]1.[Hg]. The largest absolute Gasteiger partial charge is 0.325 e. The number of hydrogen-bond donors (Lipinski definition) is 2. The molecule has 6 heteroatoms. The van der Waals surface area contributed by atoms with Gasteiger partial charge in [0.25, 0.3) is 5.56 Å². The molecule has 0 saturated carbocycles. The summed E-state index contributed by atoms with van der Waals surface area (Å²) in [6.07, 6.45) is 0.709. The van der Waals surface area contributed by atoms with E-state index in [1.807, 2.05) is 4.98 Å². The van der Waals surface area contributed by atoms with E-state index >= 15 is 0 Å². The standard InChI is InChI=1S/C4H3FN2O2.Hg/c5-2-1-6-4(9)7-3(2)8;/h1H,(H2,6,7,8,9);. The average molecular weight is 331 g/mol. The molecule has 0 atom stereocenters. The number of H-pyrrole nitrogens is 2. The van der Waals surface area contributed by atoms with Gasteiger partial charge in [-0.1, -0.05) is 0 Å². The van der Waals surface area contributed by atoms with Gasteiger partial charge >= 0.3 is 5.69 Å². The van der Waals surface area contributed by atoms with Crippen molar-refractivity contribution in [2.45, 2.75) is 0 Å². The van der Waals surface area contributed by atoms with Gasteiger partial charge in [0.05, 0.1) is 0 Å². The first-order valence-electron chi connectivity index (χ1n) is 2.17. The van der Waals surface area contributed by atoms with E-state index in [4.69, 9.17) is 0 Å². The molecule has 1 aromatic heterocycles. The molecule has 0 unspecified atom stereocenters. The van der Waals surface area contributed by atoms with Crippen LogP contribution in [-0.4, -0.2) is 9.97 Å². The number of halogens is 1. The molecule has 0 saturated heterocycles. The first kappa shape index (κ1) is 9.55. The molecule has 0 aliphatic heterocycles. The van der Waals surface area contributed by atoms with Crippen LogP contribution in [0.1, 0.15) is 0 Å². The smallest absolute Gasteiger partial charge is 0.311 e. The summed E-state index contributed by atoms with van der Waals surface area (Å²) >= 11 is 0. The van der Waals surface area contributed by atoms with Gasteiger partial charge in [-0.25, -0.2) is 4.79 Å². The van der Waals surface area contributed by atoms with Crippen LogP contribution in [0.4, 0.5) is 4.39 Å². The van der Waals surface area contributed by atoms with Crippen molar-refractivity contribution in [2.75, 3.05) is 0 Å². The molecule has 1 aromatic rings. The zero-order chi connectivity index (χ0) is 6.85. The third-order valence-corrected chi connectivity index (χ3v) is 0.774. The van der Waals surface area contributed by atoms with Crippen molar-refractivity contribution in [3.63, 3.8) is 0 Å². The maximum absolute atomic E-state index is 12.0. The summed E-state index contributed by atoms with van der Waals surface area (Å²) in [6, 6.07) is 0. The summed E-state index contributed by atoms with van der Waals surface area (Å²) in [6.45, 7) is 0. The van der Waals surface area contributed by atoms with Gasteiger partial charge < -0.3 is 4.98 Å². The van der Waals surface area contributed by atoms with Gasteiger partial charge in [-0.3, -0.25) is 9.78 Å². The van der Waals surface area contributed by atoms with Gasteiger partial charge in [-0.15, -0.1) is 0 Å². The van der Waals surface area contributed by atoms with Crippen LogP contribution in [0.3, 0.4) is 0 Å². The predicted octanol–water partition coefficient (Wildman–Crippen LogP) is -0.800. The Kier molecular flexibility index (Phi) is 3.48. The number of hydrogen-bond acceptors (Lipinski definition) is 2. The summed E-state index contributed by atoms with van der Waals surface area (Å²) in [7, 11) is 0. The zero-order valence-electron chi connectivity index (χ0n) is 4.98. The molecule has 10 heavy (non-hydrogen) atoms. The van der Waals surface area contributed by atoms with Crippen LogP contribution in [0.2, 0.25) is 0 Å². The second-order valence-corrected chi connectivity index (χ2v) is 1.42. The molecule has 0 fully saturated rings. The van der Waals surface area contributed by atoms with Crippen LogP contribution in [0, 0.1) is 5.82 Å². The summed E-state index contributed by atoms with van der Waals surface area (Å²) < 4.78 is 12.0. The van der Waals surface area contributed by atoms with Gasteiger partial charge in [0.15, 0.2) is 0 Å². The first-order valence-corrected chi connectivity index (χ1v) is 2.17. The van der Waals surface area contributed by atoms with Crippen molar-refractivity contribution in [2.24, 2.45) is 0 Å². The number of aromatic nitrogens is 2. The van der Waals surface area contributed by atoms with Crippen molar-refractivity contribution >= 4 is 0 Å². The molecule has 4 nitrogen and oxygen atoms in total. The van der Waals surface area contributed by atoms with Crippen LogP contribution >= 0.6 is 0 Å². The Morgan fingerprint density at radius 1 is 1.40 bits per heavy atom. The molecule has 0 bridgehead atoms. The average Bonchev–Trinajstić information content (AvgIpc) is 1.80. The molecule has 0 aromatic carbocycles. The van der Waals surface area contributed by atoms with Crippen LogP contribution in [0.5, 0.6) is 0 Å². The van der Waals surface area contributed by atoms with Crippen molar-refractivity contribution in [3.8, 4) is 0 Å². The van der Waals surface area contributed by atoms with Gasteiger partial charge in [-0.2, -0.15) is 4.39 Å². The third kappa shape index (κ3) is 2.05. The molecule has 50 valence electrons. The Labute approximate surface area is 75.0 Å². The molecule has 0 amide bonds. The Morgan fingerprint density at radius 3 is 2.40 bits per heavy atom. The van der Waals surface area contributed by atoms with E-state index in [2.05, 4.69) is 0 Å². The minimum Gasteiger partial charge on any atom is -0.311 e. The number of rotatable bonds is 0. The van der Waals surface area contributed by atoms with Crippen molar-refractivity contribution in [1.29, 1.82) is 0 Å². The molecule has 0 aliphatic carbocycles. The van der Waals surface area contributed by atoms with Crippen molar-refractivity contribution < 1.29 is 32.1 Å². The second kappa shape index (κ2) is 3.65. The monoisotopic (exact) mass is 332 g/mol. The number of aromatic amines is 2. The molecular weight excluding hydrogens is 328 g/mol. The fourth-order valence-electron chi connectivity index (χ4n) is 0.393. The Bertz CT molecular complexity index is 318. The van der Waals surface area contributed by atoms with Crippen LogP contribution in [0.25, 0.3) is 0 Å². The Morgan fingerprint density at radius 2 is 2.00 bits per heavy atom. The van der Waals surface area contributed by atoms with Crippen molar-refractivity contribution in [1.82, 2.24) is 9.97 Å². The third-order valence-electron chi connectivity index (χ3n) is 0.774. The van der Waals surface area contributed by atoms with Gasteiger partial charge in [0, 0.05) is 33.9 Å². The van der Waals surface area contributed by atoms with E-state index in [0.717, 1.165) is 0 Å².